The molecule has 0 spiro atoms. The highest BCUT2D eigenvalue weighted by Gasteiger charge is 2.15. The van der Waals surface area contributed by atoms with Gasteiger partial charge in [-0.1, -0.05) is 23.2 Å². The molecule has 2 rings (SSSR count). The van der Waals surface area contributed by atoms with Crippen molar-refractivity contribution in [2.24, 2.45) is 0 Å². The Balaban J connectivity index is 2.33. The molecule has 0 heterocycles. The van der Waals surface area contributed by atoms with Crippen LogP contribution < -0.4 is 11.1 Å². The Labute approximate surface area is 129 Å². The van der Waals surface area contributed by atoms with Crippen LogP contribution in [0.25, 0.3) is 0 Å². The minimum absolute atomic E-state index is 0.0611. The van der Waals surface area contributed by atoms with Crippen LogP contribution in [-0.2, 0) is 0 Å². The van der Waals surface area contributed by atoms with Gasteiger partial charge in [-0.2, -0.15) is 5.26 Å². The van der Waals surface area contributed by atoms with Crippen molar-refractivity contribution in [2.45, 2.75) is 0 Å². The number of hydrogen-bond donors (Lipinski definition) is 2. The molecular weight excluding hydrogens is 316 g/mol. The summed E-state index contributed by atoms with van der Waals surface area (Å²) in [5.41, 5.74) is 6.06. The van der Waals surface area contributed by atoms with E-state index in [1.165, 1.54) is 24.3 Å². The predicted molar refractivity (Wildman–Crippen MR) is 79.9 cm³/mol. The second kappa shape index (κ2) is 6.00. The topological polar surface area (TPSA) is 78.9 Å². The third-order valence-electron chi connectivity index (χ3n) is 2.64. The van der Waals surface area contributed by atoms with Crippen molar-refractivity contribution in [2.75, 3.05) is 11.1 Å². The van der Waals surface area contributed by atoms with Gasteiger partial charge in [0.2, 0.25) is 0 Å². The molecule has 0 unspecified atom stereocenters. The molecule has 0 aliphatic heterocycles. The summed E-state index contributed by atoms with van der Waals surface area (Å²) in [6.07, 6.45) is 0. The first-order valence-corrected chi connectivity index (χ1v) is 6.43. The molecule has 0 atom stereocenters. The maximum Gasteiger partial charge on any atom is 0.257 e. The molecule has 1 amide bonds. The van der Waals surface area contributed by atoms with Crippen molar-refractivity contribution in [1.29, 1.82) is 5.26 Å². The van der Waals surface area contributed by atoms with Gasteiger partial charge in [0.15, 0.2) is 0 Å². The zero-order valence-corrected chi connectivity index (χ0v) is 12.0. The van der Waals surface area contributed by atoms with E-state index in [1.54, 1.807) is 6.07 Å². The third kappa shape index (κ3) is 3.24. The van der Waals surface area contributed by atoms with Crippen LogP contribution in [0.5, 0.6) is 0 Å². The summed E-state index contributed by atoms with van der Waals surface area (Å²) < 4.78 is 13.2. The first-order valence-electron chi connectivity index (χ1n) is 5.68. The number of nitrogen functional groups attached to an aromatic ring is 1. The largest absolute Gasteiger partial charge is 0.399 e. The van der Waals surface area contributed by atoms with Crippen LogP contribution >= 0.6 is 23.2 Å². The number of nitriles is 1. The highest BCUT2D eigenvalue weighted by Crippen LogP contribution is 2.29. The van der Waals surface area contributed by atoms with Gasteiger partial charge in [-0.15, -0.1) is 0 Å². The lowest BCUT2D eigenvalue weighted by Crippen LogP contribution is -2.13. The number of nitrogens with two attached hydrogens (primary N) is 1. The Kier molecular flexibility index (Phi) is 4.32. The predicted octanol–water partition coefficient (Wildman–Crippen LogP) is 3.84. The van der Waals surface area contributed by atoms with Crippen LogP contribution in [0, 0.1) is 17.1 Å². The van der Waals surface area contributed by atoms with Crippen molar-refractivity contribution in [3.8, 4) is 6.07 Å². The van der Waals surface area contributed by atoms with Gasteiger partial charge < -0.3 is 11.1 Å². The third-order valence-corrected chi connectivity index (χ3v) is 3.44. The first kappa shape index (κ1) is 15.1. The lowest BCUT2D eigenvalue weighted by Gasteiger charge is -2.09. The van der Waals surface area contributed by atoms with Crippen molar-refractivity contribution < 1.29 is 9.18 Å². The summed E-state index contributed by atoms with van der Waals surface area (Å²) in [7, 11) is 0. The van der Waals surface area contributed by atoms with Gasteiger partial charge in [-0.25, -0.2) is 4.39 Å². The molecule has 0 radical (unpaired) electrons. The second-order valence-corrected chi connectivity index (χ2v) is 4.91. The number of halogens is 3. The summed E-state index contributed by atoms with van der Waals surface area (Å²) in [6, 6.07) is 8.11. The molecule has 0 aliphatic rings. The van der Waals surface area contributed by atoms with Crippen molar-refractivity contribution in [1.82, 2.24) is 0 Å². The van der Waals surface area contributed by atoms with Crippen LogP contribution in [-0.4, -0.2) is 5.91 Å². The molecule has 7 heteroatoms. The molecule has 4 nitrogen and oxygen atoms in total. The van der Waals surface area contributed by atoms with Crippen LogP contribution in [0.1, 0.15) is 15.9 Å². The molecule has 0 bridgehead atoms. The molecule has 0 aliphatic carbocycles. The summed E-state index contributed by atoms with van der Waals surface area (Å²) >= 11 is 11.8. The minimum atomic E-state index is -0.666. The molecule has 2 aromatic carbocycles. The standard InChI is InChI=1S/C14H8Cl2FN3O/c15-11-5-8(19)4-10(13(11)16)14(21)20-9-1-2-12(17)7(3-9)6-18/h1-5H,19H2,(H,20,21). The summed E-state index contributed by atoms with van der Waals surface area (Å²) in [5.74, 6) is -1.23. The Morgan fingerprint density at radius 2 is 2.00 bits per heavy atom. The Bertz CT molecular complexity index is 772. The summed E-state index contributed by atoms with van der Waals surface area (Å²) in [5, 5.41) is 11.5. The van der Waals surface area contributed by atoms with E-state index in [0.717, 1.165) is 6.07 Å². The van der Waals surface area contributed by atoms with Gasteiger partial charge in [-0.05, 0) is 30.3 Å². The van der Waals surface area contributed by atoms with E-state index in [4.69, 9.17) is 34.2 Å². The molecule has 0 saturated heterocycles. The number of carbonyl (C=O) groups excluding carboxylic acids is 1. The smallest absolute Gasteiger partial charge is 0.257 e. The zero-order valence-electron chi connectivity index (χ0n) is 10.5. The van der Waals surface area contributed by atoms with Crippen molar-refractivity contribution in [3.63, 3.8) is 0 Å². The number of hydrogen-bond acceptors (Lipinski definition) is 3. The number of nitrogens with one attached hydrogen (secondary N) is 1. The van der Waals surface area contributed by atoms with Crippen LogP contribution in [0.3, 0.4) is 0 Å². The van der Waals surface area contributed by atoms with Gasteiger partial charge in [0, 0.05) is 11.4 Å². The average Bonchev–Trinajstić information content (AvgIpc) is 2.44. The lowest BCUT2D eigenvalue weighted by atomic mass is 10.1. The molecule has 0 aromatic heterocycles. The van der Waals surface area contributed by atoms with Crippen LogP contribution in [0.4, 0.5) is 15.8 Å². The van der Waals surface area contributed by atoms with E-state index in [9.17, 15) is 9.18 Å². The van der Waals surface area contributed by atoms with E-state index in [1.807, 2.05) is 0 Å². The second-order valence-electron chi connectivity index (χ2n) is 4.12. The first-order chi connectivity index (χ1) is 9.92. The highest BCUT2D eigenvalue weighted by atomic mass is 35.5. The van der Waals surface area contributed by atoms with Crippen LogP contribution in [0.2, 0.25) is 10.0 Å². The summed E-state index contributed by atoms with van der Waals surface area (Å²) in [6.45, 7) is 0. The van der Waals surface area contributed by atoms with E-state index >= 15 is 0 Å². The van der Waals surface area contributed by atoms with Crippen LogP contribution in [0.15, 0.2) is 30.3 Å². The molecule has 21 heavy (non-hydrogen) atoms. The van der Waals surface area contributed by atoms with Gasteiger partial charge >= 0.3 is 0 Å². The molecule has 2 aromatic rings. The number of benzene rings is 2. The Morgan fingerprint density at radius 3 is 2.67 bits per heavy atom. The maximum absolute atomic E-state index is 13.2. The quantitative estimate of drug-likeness (QED) is 0.824. The fraction of sp³-hybridized carbons (Fsp3) is 0. The fourth-order valence-electron chi connectivity index (χ4n) is 1.66. The number of anilines is 2. The van der Waals surface area contributed by atoms with Gasteiger partial charge in [0.1, 0.15) is 11.9 Å². The van der Waals surface area contributed by atoms with E-state index in [-0.39, 0.29) is 32.5 Å². The number of carbonyl (C=O) groups is 1. The van der Waals surface area contributed by atoms with Gasteiger partial charge in [0.25, 0.3) is 5.91 Å². The van der Waals surface area contributed by atoms with Gasteiger partial charge in [0.05, 0.1) is 21.2 Å². The molecule has 0 saturated carbocycles. The Morgan fingerprint density at radius 1 is 1.29 bits per heavy atom. The minimum Gasteiger partial charge on any atom is -0.399 e. The Hall–Kier alpha value is -2.29. The van der Waals surface area contributed by atoms with Gasteiger partial charge in [-0.3, -0.25) is 4.79 Å². The fourth-order valence-corrected chi connectivity index (χ4v) is 2.09. The average molecular weight is 324 g/mol. The number of nitrogens with zero attached hydrogens (tertiary/aromatic N) is 1. The SMILES string of the molecule is N#Cc1cc(NC(=O)c2cc(N)cc(Cl)c2Cl)ccc1F. The molecule has 106 valence electrons. The maximum atomic E-state index is 13.2. The highest BCUT2D eigenvalue weighted by molar-refractivity contribution is 6.44. The normalized spacial score (nSPS) is 10.0. The summed E-state index contributed by atoms with van der Waals surface area (Å²) in [4.78, 5) is 12.1. The van der Waals surface area contributed by atoms with Crippen molar-refractivity contribution in [3.05, 3.63) is 57.3 Å². The zero-order chi connectivity index (χ0) is 15.6. The monoisotopic (exact) mass is 323 g/mol. The van der Waals surface area contributed by atoms with E-state index < -0.39 is 11.7 Å². The molecular formula is C14H8Cl2FN3O. The number of amides is 1. The molecule has 0 fully saturated rings. The number of rotatable bonds is 2. The van der Waals surface area contributed by atoms with E-state index in [0.29, 0.717) is 0 Å². The van der Waals surface area contributed by atoms with E-state index in [2.05, 4.69) is 5.32 Å². The lowest BCUT2D eigenvalue weighted by molar-refractivity contribution is 0.102. The van der Waals surface area contributed by atoms with Crippen molar-refractivity contribution >= 4 is 40.5 Å². The molecule has 3 N–H and O–H groups in total.